The molecule has 1 aromatic carbocycles. The topological polar surface area (TPSA) is 95.1 Å². The molecule has 2 rings (SSSR count). The summed E-state index contributed by atoms with van der Waals surface area (Å²) in [4.78, 5) is 11.8. The van der Waals surface area contributed by atoms with Crippen LogP contribution in [0.1, 0.15) is 16.8 Å². The SMILES string of the molecule is COCc1cccc(CNC(=O)Cn2cc(CN)nn2)c1. The Morgan fingerprint density at radius 3 is 2.95 bits per heavy atom. The van der Waals surface area contributed by atoms with E-state index in [1.165, 1.54) is 4.68 Å². The molecule has 0 atom stereocenters. The molecule has 0 spiro atoms. The normalized spacial score (nSPS) is 10.6. The van der Waals surface area contributed by atoms with E-state index >= 15 is 0 Å². The second-order valence-electron chi connectivity index (χ2n) is 4.64. The summed E-state index contributed by atoms with van der Waals surface area (Å²) in [6.45, 7) is 1.47. The summed E-state index contributed by atoms with van der Waals surface area (Å²) < 4.78 is 6.56. The van der Waals surface area contributed by atoms with Crippen molar-refractivity contribution in [2.45, 2.75) is 26.2 Å². The van der Waals surface area contributed by atoms with Crippen molar-refractivity contribution in [1.82, 2.24) is 20.3 Å². The number of methoxy groups -OCH3 is 1. The molecule has 0 unspecified atom stereocenters. The molecule has 1 aromatic heterocycles. The molecule has 7 nitrogen and oxygen atoms in total. The highest BCUT2D eigenvalue weighted by atomic mass is 16.5. The van der Waals surface area contributed by atoms with Gasteiger partial charge >= 0.3 is 0 Å². The summed E-state index contributed by atoms with van der Waals surface area (Å²) in [5.41, 5.74) is 8.21. The lowest BCUT2D eigenvalue weighted by Gasteiger charge is -2.07. The number of amides is 1. The zero-order valence-electron chi connectivity index (χ0n) is 12.0. The molecule has 0 bridgehead atoms. The van der Waals surface area contributed by atoms with Gasteiger partial charge in [-0.3, -0.25) is 4.79 Å². The van der Waals surface area contributed by atoms with E-state index in [9.17, 15) is 4.79 Å². The van der Waals surface area contributed by atoms with Gasteiger partial charge in [0.25, 0.3) is 0 Å². The minimum Gasteiger partial charge on any atom is -0.380 e. The fourth-order valence-electron chi connectivity index (χ4n) is 1.91. The highest BCUT2D eigenvalue weighted by molar-refractivity contribution is 5.75. The van der Waals surface area contributed by atoms with Crippen molar-refractivity contribution in [2.75, 3.05) is 7.11 Å². The number of rotatable bonds is 7. The predicted octanol–water partition coefficient (Wildman–Crippen LogP) is 0.200. The second-order valence-corrected chi connectivity index (χ2v) is 4.64. The van der Waals surface area contributed by atoms with E-state index in [1.54, 1.807) is 13.3 Å². The van der Waals surface area contributed by atoms with Crippen molar-refractivity contribution in [3.05, 3.63) is 47.3 Å². The number of nitrogens with one attached hydrogen (secondary N) is 1. The third-order valence-electron chi connectivity index (χ3n) is 2.89. The molecule has 21 heavy (non-hydrogen) atoms. The van der Waals surface area contributed by atoms with Crippen LogP contribution in [-0.2, 0) is 35.8 Å². The molecular formula is C14H19N5O2. The number of carbonyl (C=O) groups excluding carboxylic acids is 1. The van der Waals surface area contributed by atoms with Gasteiger partial charge in [-0.15, -0.1) is 5.10 Å². The fraction of sp³-hybridized carbons (Fsp3) is 0.357. The molecule has 3 N–H and O–H groups in total. The number of carbonyl (C=O) groups is 1. The molecule has 112 valence electrons. The summed E-state index contributed by atoms with van der Waals surface area (Å²) in [6.07, 6.45) is 1.67. The summed E-state index contributed by atoms with van der Waals surface area (Å²) in [6, 6.07) is 7.90. The molecule has 0 aliphatic rings. The maximum absolute atomic E-state index is 11.8. The Labute approximate surface area is 123 Å². The third-order valence-corrected chi connectivity index (χ3v) is 2.89. The monoisotopic (exact) mass is 289 g/mol. The third kappa shape index (κ3) is 4.66. The Hall–Kier alpha value is -2.25. The van der Waals surface area contributed by atoms with Crippen LogP contribution in [0.15, 0.2) is 30.5 Å². The van der Waals surface area contributed by atoms with Crippen LogP contribution >= 0.6 is 0 Å². The van der Waals surface area contributed by atoms with Crippen molar-refractivity contribution in [3.63, 3.8) is 0 Å². The Morgan fingerprint density at radius 2 is 2.24 bits per heavy atom. The van der Waals surface area contributed by atoms with Crippen molar-refractivity contribution >= 4 is 5.91 Å². The van der Waals surface area contributed by atoms with Crippen LogP contribution in [0.25, 0.3) is 0 Å². The molecule has 0 radical (unpaired) electrons. The first-order valence-electron chi connectivity index (χ1n) is 6.64. The largest absolute Gasteiger partial charge is 0.380 e. The Morgan fingerprint density at radius 1 is 1.43 bits per heavy atom. The average molecular weight is 289 g/mol. The summed E-state index contributed by atoms with van der Waals surface area (Å²) >= 11 is 0. The number of hydrogen-bond acceptors (Lipinski definition) is 5. The van der Waals surface area contributed by atoms with Gasteiger partial charge in [-0.25, -0.2) is 4.68 Å². The lowest BCUT2D eigenvalue weighted by atomic mass is 10.1. The number of benzene rings is 1. The van der Waals surface area contributed by atoms with Gasteiger partial charge < -0.3 is 15.8 Å². The highest BCUT2D eigenvalue weighted by Crippen LogP contribution is 2.06. The minimum atomic E-state index is -0.124. The minimum absolute atomic E-state index is 0.124. The van der Waals surface area contributed by atoms with Crippen molar-refractivity contribution in [1.29, 1.82) is 0 Å². The number of hydrogen-bond donors (Lipinski definition) is 2. The molecule has 2 aromatic rings. The van der Waals surface area contributed by atoms with Crippen LogP contribution < -0.4 is 11.1 Å². The Bertz CT molecular complexity index is 597. The molecule has 0 saturated carbocycles. The Balaban J connectivity index is 1.84. The van der Waals surface area contributed by atoms with Crippen LogP contribution in [-0.4, -0.2) is 28.0 Å². The van der Waals surface area contributed by atoms with E-state index in [1.807, 2.05) is 24.3 Å². The summed E-state index contributed by atoms with van der Waals surface area (Å²) in [5, 5.41) is 10.5. The van der Waals surface area contributed by atoms with E-state index in [-0.39, 0.29) is 12.5 Å². The van der Waals surface area contributed by atoms with Gasteiger partial charge in [0.15, 0.2) is 0 Å². The number of nitrogens with two attached hydrogens (primary N) is 1. The van der Waals surface area contributed by atoms with E-state index < -0.39 is 0 Å². The van der Waals surface area contributed by atoms with Crippen LogP contribution in [0.4, 0.5) is 0 Å². The van der Waals surface area contributed by atoms with Gasteiger partial charge in [0, 0.05) is 20.2 Å². The highest BCUT2D eigenvalue weighted by Gasteiger charge is 2.05. The molecule has 0 aliphatic carbocycles. The van der Waals surface area contributed by atoms with E-state index in [4.69, 9.17) is 10.5 Å². The first-order chi connectivity index (χ1) is 10.2. The number of nitrogens with zero attached hydrogens (tertiary/aromatic N) is 3. The number of aromatic nitrogens is 3. The van der Waals surface area contributed by atoms with Gasteiger partial charge in [0.05, 0.1) is 18.5 Å². The first kappa shape index (κ1) is 15.1. The second kappa shape index (κ2) is 7.51. The molecule has 1 heterocycles. The van der Waals surface area contributed by atoms with Crippen molar-refractivity contribution in [2.24, 2.45) is 5.73 Å². The van der Waals surface area contributed by atoms with Crippen LogP contribution in [0.2, 0.25) is 0 Å². The van der Waals surface area contributed by atoms with E-state index in [0.717, 1.165) is 11.1 Å². The van der Waals surface area contributed by atoms with E-state index in [2.05, 4.69) is 15.6 Å². The van der Waals surface area contributed by atoms with Gasteiger partial charge in [0.1, 0.15) is 6.54 Å². The molecule has 7 heteroatoms. The van der Waals surface area contributed by atoms with Gasteiger partial charge in [-0.2, -0.15) is 0 Å². The van der Waals surface area contributed by atoms with Gasteiger partial charge in [0.2, 0.25) is 5.91 Å². The quantitative estimate of drug-likeness (QED) is 0.759. The van der Waals surface area contributed by atoms with E-state index in [0.29, 0.717) is 25.4 Å². The Kier molecular flexibility index (Phi) is 5.42. The van der Waals surface area contributed by atoms with Crippen LogP contribution in [0, 0.1) is 0 Å². The van der Waals surface area contributed by atoms with Crippen LogP contribution in [0.5, 0.6) is 0 Å². The average Bonchev–Trinajstić information content (AvgIpc) is 2.93. The summed E-state index contributed by atoms with van der Waals surface area (Å²) in [5.74, 6) is -0.124. The standard InChI is InChI=1S/C14H19N5O2/c1-21-10-12-4-2-3-11(5-12)7-16-14(20)9-19-8-13(6-15)17-18-19/h2-5,8H,6-7,9-10,15H2,1H3,(H,16,20). The summed E-state index contributed by atoms with van der Waals surface area (Å²) in [7, 11) is 1.65. The molecule has 0 aliphatic heterocycles. The molecule has 0 fully saturated rings. The van der Waals surface area contributed by atoms with Crippen molar-refractivity contribution in [3.8, 4) is 0 Å². The smallest absolute Gasteiger partial charge is 0.242 e. The zero-order chi connectivity index (χ0) is 15.1. The van der Waals surface area contributed by atoms with Crippen molar-refractivity contribution < 1.29 is 9.53 Å². The lowest BCUT2D eigenvalue weighted by Crippen LogP contribution is -2.27. The van der Waals surface area contributed by atoms with Gasteiger partial charge in [-0.05, 0) is 11.1 Å². The first-order valence-corrected chi connectivity index (χ1v) is 6.64. The molecule has 0 saturated heterocycles. The fourth-order valence-corrected chi connectivity index (χ4v) is 1.91. The lowest BCUT2D eigenvalue weighted by molar-refractivity contribution is -0.122. The zero-order valence-corrected chi connectivity index (χ0v) is 12.0. The maximum Gasteiger partial charge on any atom is 0.242 e. The van der Waals surface area contributed by atoms with Crippen LogP contribution in [0.3, 0.4) is 0 Å². The van der Waals surface area contributed by atoms with Gasteiger partial charge in [-0.1, -0.05) is 29.5 Å². The molecular weight excluding hydrogens is 270 g/mol. The predicted molar refractivity (Wildman–Crippen MR) is 76.9 cm³/mol. The maximum atomic E-state index is 11.8. The number of ether oxygens (including phenoxy) is 1. The molecule has 1 amide bonds.